The number of unbranched alkanes of at least 4 members (excludes halogenated alkanes) is 7. The monoisotopic (exact) mass is 302 g/mol. The van der Waals surface area contributed by atoms with Crippen LogP contribution in [0.25, 0.3) is 0 Å². The summed E-state index contributed by atoms with van der Waals surface area (Å²) in [5, 5.41) is 8.38. The van der Waals surface area contributed by atoms with Gasteiger partial charge in [0.2, 0.25) is 0 Å². The van der Waals surface area contributed by atoms with E-state index in [4.69, 9.17) is 5.11 Å². The van der Waals surface area contributed by atoms with Crippen molar-refractivity contribution in [2.24, 2.45) is 0 Å². The molecule has 0 amide bonds. The van der Waals surface area contributed by atoms with Crippen molar-refractivity contribution in [1.29, 1.82) is 0 Å². The van der Waals surface area contributed by atoms with Crippen molar-refractivity contribution >= 4 is 5.97 Å². The molecule has 0 fully saturated rings. The van der Waals surface area contributed by atoms with Crippen molar-refractivity contribution in [3.63, 3.8) is 0 Å². The molecule has 0 spiro atoms. The maximum Gasteiger partial charge on any atom is 0.328 e. The van der Waals surface area contributed by atoms with Crippen LogP contribution in [-0.4, -0.2) is 11.1 Å². The molecule has 0 aromatic heterocycles. The maximum atomic E-state index is 10.2. The predicted molar refractivity (Wildman–Crippen MR) is 95.9 cm³/mol. The highest BCUT2D eigenvalue weighted by Crippen LogP contribution is 2.08. The van der Waals surface area contributed by atoms with Crippen LogP contribution in [0.4, 0.5) is 0 Å². The fourth-order valence-electron chi connectivity index (χ4n) is 1.92. The number of allylic oxidation sites excluding steroid dienone is 9. The minimum absolute atomic E-state index is 0.931. The molecule has 0 radical (unpaired) electrons. The third-order valence-corrected chi connectivity index (χ3v) is 3.13. The third-order valence-electron chi connectivity index (χ3n) is 3.13. The quantitative estimate of drug-likeness (QED) is 0.258. The van der Waals surface area contributed by atoms with Gasteiger partial charge in [-0.2, -0.15) is 0 Å². The molecular formula is C20H30O2. The van der Waals surface area contributed by atoms with E-state index in [-0.39, 0.29) is 0 Å². The topological polar surface area (TPSA) is 37.3 Å². The van der Waals surface area contributed by atoms with Gasteiger partial charge < -0.3 is 5.11 Å². The number of hydrogen-bond donors (Lipinski definition) is 1. The number of carbonyl (C=O) groups is 1. The molecule has 0 bridgehead atoms. The molecule has 22 heavy (non-hydrogen) atoms. The van der Waals surface area contributed by atoms with Gasteiger partial charge in [-0.05, 0) is 12.8 Å². The molecular weight excluding hydrogens is 272 g/mol. The van der Waals surface area contributed by atoms with Crippen LogP contribution >= 0.6 is 0 Å². The first kappa shape index (κ1) is 20.2. The summed E-state index contributed by atoms with van der Waals surface area (Å²) in [4.78, 5) is 10.2. The van der Waals surface area contributed by atoms with Gasteiger partial charge in [0.05, 0.1) is 0 Å². The van der Waals surface area contributed by atoms with Gasteiger partial charge >= 0.3 is 5.97 Å². The summed E-state index contributed by atoms with van der Waals surface area (Å²) in [6.45, 7) is 2.25. The van der Waals surface area contributed by atoms with E-state index in [1.807, 2.05) is 24.3 Å². The Balaban J connectivity index is 3.50. The molecule has 0 saturated carbocycles. The smallest absolute Gasteiger partial charge is 0.328 e. The molecule has 0 rings (SSSR count). The SMILES string of the molecule is CCCCCCCCC/C=C/C=C\C=C\C=C/C=C/C(=O)O. The zero-order valence-corrected chi connectivity index (χ0v) is 13.8. The molecule has 0 atom stereocenters. The molecule has 0 aliphatic carbocycles. The molecule has 2 nitrogen and oxygen atoms in total. The number of carboxylic acid groups (broad SMARTS) is 1. The molecule has 0 unspecified atom stereocenters. The molecule has 0 aliphatic heterocycles. The van der Waals surface area contributed by atoms with E-state index in [1.165, 1.54) is 51.0 Å². The number of carboxylic acids is 1. The van der Waals surface area contributed by atoms with Gasteiger partial charge in [-0.25, -0.2) is 4.79 Å². The minimum atomic E-state index is -0.931. The van der Waals surface area contributed by atoms with Gasteiger partial charge in [0.1, 0.15) is 0 Å². The largest absolute Gasteiger partial charge is 0.478 e. The predicted octanol–water partition coefficient (Wildman–Crippen LogP) is 5.99. The fourth-order valence-corrected chi connectivity index (χ4v) is 1.92. The summed E-state index contributed by atoms with van der Waals surface area (Å²) in [6, 6.07) is 0. The fraction of sp³-hybridized carbons (Fsp3) is 0.450. The van der Waals surface area contributed by atoms with Crippen molar-refractivity contribution in [3.8, 4) is 0 Å². The van der Waals surface area contributed by atoms with Gasteiger partial charge in [-0.1, -0.05) is 100 Å². The van der Waals surface area contributed by atoms with Crippen LogP contribution in [0, 0.1) is 0 Å². The van der Waals surface area contributed by atoms with Gasteiger partial charge in [-0.15, -0.1) is 0 Å². The average Bonchev–Trinajstić information content (AvgIpc) is 2.50. The second-order valence-electron chi connectivity index (χ2n) is 5.19. The summed E-state index contributed by atoms with van der Waals surface area (Å²) in [5.41, 5.74) is 0. The lowest BCUT2D eigenvalue weighted by Gasteiger charge is -1.98. The van der Waals surface area contributed by atoms with E-state index < -0.39 is 5.97 Å². The van der Waals surface area contributed by atoms with Crippen LogP contribution in [0.5, 0.6) is 0 Å². The standard InChI is InChI=1S/C20H30O2/c1-2-3-4-5-6-7-8-9-10-11-12-13-14-15-16-17-18-19-20(21)22/h10-19H,2-9H2,1H3,(H,21,22)/b11-10+,13-12-,15-14+,17-16-,19-18+. The van der Waals surface area contributed by atoms with E-state index in [9.17, 15) is 4.79 Å². The van der Waals surface area contributed by atoms with Crippen molar-refractivity contribution < 1.29 is 9.90 Å². The Hall–Kier alpha value is -1.83. The molecule has 122 valence electrons. The van der Waals surface area contributed by atoms with Gasteiger partial charge in [0.15, 0.2) is 0 Å². The van der Waals surface area contributed by atoms with Crippen molar-refractivity contribution in [3.05, 3.63) is 60.8 Å². The van der Waals surface area contributed by atoms with E-state index in [0.29, 0.717) is 0 Å². The van der Waals surface area contributed by atoms with Crippen molar-refractivity contribution in [1.82, 2.24) is 0 Å². The molecule has 2 heteroatoms. The zero-order chi connectivity index (χ0) is 16.3. The Morgan fingerprint density at radius 2 is 1.23 bits per heavy atom. The molecule has 0 aromatic carbocycles. The lowest BCUT2D eigenvalue weighted by Crippen LogP contribution is -1.84. The first-order valence-corrected chi connectivity index (χ1v) is 8.33. The van der Waals surface area contributed by atoms with Crippen LogP contribution in [0.2, 0.25) is 0 Å². The van der Waals surface area contributed by atoms with Crippen molar-refractivity contribution in [2.75, 3.05) is 0 Å². The Morgan fingerprint density at radius 3 is 1.82 bits per heavy atom. The lowest BCUT2D eigenvalue weighted by molar-refractivity contribution is -0.131. The Labute approximate surface area is 135 Å². The van der Waals surface area contributed by atoms with E-state index in [1.54, 1.807) is 12.2 Å². The maximum absolute atomic E-state index is 10.2. The lowest BCUT2D eigenvalue weighted by atomic mass is 10.1. The van der Waals surface area contributed by atoms with Crippen LogP contribution < -0.4 is 0 Å². The van der Waals surface area contributed by atoms with E-state index in [0.717, 1.165) is 12.5 Å². The van der Waals surface area contributed by atoms with Crippen molar-refractivity contribution in [2.45, 2.75) is 58.3 Å². The summed E-state index contributed by atoms with van der Waals surface area (Å²) in [7, 11) is 0. The summed E-state index contributed by atoms with van der Waals surface area (Å²) < 4.78 is 0. The number of rotatable bonds is 13. The second kappa shape index (κ2) is 17.2. The van der Waals surface area contributed by atoms with E-state index >= 15 is 0 Å². The second-order valence-corrected chi connectivity index (χ2v) is 5.19. The van der Waals surface area contributed by atoms with Crippen LogP contribution in [-0.2, 0) is 4.79 Å². The first-order valence-electron chi connectivity index (χ1n) is 8.33. The molecule has 0 heterocycles. The Bertz CT molecular complexity index is 398. The zero-order valence-electron chi connectivity index (χ0n) is 13.8. The van der Waals surface area contributed by atoms with E-state index in [2.05, 4.69) is 19.1 Å². The number of aliphatic carboxylic acids is 1. The highest BCUT2D eigenvalue weighted by Gasteiger charge is 1.88. The summed E-state index contributed by atoms with van der Waals surface area (Å²) in [6.07, 6.45) is 28.8. The van der Waals surface area contributed by atoms with Gasteiger partial charge in [0.25, 0.3) is 0 Å². The highest BCUT2D eigenvalue weighted by molar-refractivity contribution is 5.80. The molecule has 1 N–H and O–H groups in total. The molecule has 0 saturated heterocycles. The van der Waals surface area contributed by atoms with Crippen LogP contribution in [0.1, 0.15) is 58.3 Å². The third kappa shape index (κ3) is 18.2. The molecule has 0 aliphatic rings. The summed E-state index contributed by atoms with van der Waals surface area (Å²) in [5.74, 6) is -0.931. The van der Waals surface area contributed by atoms with Crippen LogP contribution in [0.3, 0.4) is 0 Å². The molecule has 0 aromatic rings. The first-order chi connectivity index (χ1) is 10.8. The Morgan fingerprint density at radius 1 is 0.727 bits per heavy atom. The average molecular weight is 302 g/mol. The number of hydrogen-bond acceptors (Lipinski definition) is 1. The Kier molecular flexibility index (Phi) is 15.8. The highest BCUT2D eigenvalue weighted by atomic mass is 16.4. The van der Waals surface area contributed by atoms with Gasteiger partial charge in [0, 0.05) is 6.08 Å². The van der Waals surface area contributed by atoms with Crippen LogP contribution in [0.15, 0.2) is 60.8 Å². The summed E-state index contributed by atoms with van der Waals surface area (Å²) >= 11 is 0. The normalized spacial score (nSPS) is 12.8. The van der Waals surface area contributed by atoms with Gasteiger partial charge in [-0.3, -0.25) is 0 Å². The minimum Gasteiger partial charge on any atom is -0.478 e.